The van der Waals surface area contributed by atoms with Gasteiger partial charge in [-0.1, -0.05) is 36.9 Å². The van der Waals surface area contributed by atoms with Crippen LogP contribution in [0.4, 0.5) is 0 Å². The fourth-order valence-corrected chi connectivity index (χ4v) is 4.74. The minimum absolute atomic E-state index is 0.185. The van der Waals surface area contributed by atoms with Gasteiger partial charge in [0.15, 0.2) is 0 Å². The van der Waals surface area contributed by atoms with Crippen molar-refractivity contribution in [2.45, 2.75) is 44.4 Å². The molecule has 0 saturated carbocycles. The molecule has 3 aromatic rings. The standard InChI is InChI=1S/C20H22N2O2S2/c1-5-16(20(23)24-6-2)26-19-17-15(10-25-18(17)21-11-22-19)14-8-7-12(3)13(4)9-14/h7-11,16H,5-6H2,1-4H3. The summed E-state index contributed by atoms with van der Waals surface area (Å²) in [6.07, 6.45) is 2.27. The van der Waals surface area contributed by atoms with Gasteiger partial charge < -0.3 is 4.74 Å². The lowest BCUT2D eigenvalue weighted by atomic mass is 10.0. The van der Waals surface area contributed by atoms with Crippen molar-refractivity contribution in [2.24, 2.45) is 0 Å². The van der Waals surface area contributed by atoms with E-state index in [-0.39, 0.29) is 11.2 Å². The van der Waals surface area contributed by atoms with Gasteiger partial charge in [-0.3, -0.25) is 4.79 Å². The van der Waals surface area contributed by atoms with Gasteiger partial charge in [0.05, 0.1) is 12.0 Å². The Hall–Kier alpha value is -1.92. The number of carbonyl (C=O) groups excluding carboxylic acids is 1. The highest BCUT2D eigenvalue weighted by atomic mass is 32.2. The van der Waals surface area contributed by atoms with Gasteiger partial charge in [-0.15, -0.1) is 11.3 Å². The van der Waals surface area contributed by atoms with Crippen LogP contribution in [0.25, 0.3) is 21.3 Å². The Kier molecular flexibility index (Phi) is 5.94. The summed E-state index contributed by atoms with van der Waals surface area (Å²) < 4.78 is 5.20. The van der Waals surface area contributed by atoms with Gasteiger partial charge in [-0.05, 0) is 43.9 Å². The molecule has 4 nitrogen and oxygen atoms in total. The minimum atomic E-state index is -0.263. The fourth-order valence-electron chi connectivity index (χ4n) is 2.73. The van der Waals surface area contributed by atoms with Crippen molar-refractivity contribution in [2.75, 3.05) is 6.61 Å². The Labute approximate surface area is 162 Å². The number of hydrogen-bond acceptors (Lipinski definition) is 6. The van der Waals surface area contributed by atoms with Crippen molar-refractivity contribution in [3.63, 3.8) is 0 Å². The molecule has 0 aliphatic rings. The first-order valence-electron chi connectivity index (χ1n) is 8.68. The van der Waals surface area contributed by atoms with Crippen LogP contribution in [0.3, 0.4) is 0 Å². The zero-order chi connectivity index (χ0) is 18.7. The third-order valence-electron chi connectivity index (χ3n) is 4.33. The van der Waals surface area contributed by atoms with Crippen molar-refractivity contribution in [3.8, 4) is 11.1 Å². The van der Waals surface area contributed by atoms with E-state index in [0.717, 1.165) is 26.4 Å². The lowest BCUT2D eigenvalue weighted by Gasteiger charge is -2.13. The number of hydrogen-bond donors (Lipinski definition) is 0. The summed E-state index contributed by atoms with van der Waals surface area (Å²) in [6.45, 7) is 8.44. The summed E-state index contributed by atoms with van der Waals surface area (Å²) >= 11 is 3.07. The SMILES string of the molecule is CCOC(=O)C(CC)Sc1ncnc2scc(-c3ccc(C)c(C)c3)c12. The Morgan fingerprint density at radius 1 is 1.23 bits per heavy atom. The minimum Gasteiger partial charge on any atom is -0.465 e. The van der Waals surface area contributed by atoms with E-state index in [1.165, 1.54) is 22.9 Å². The monoisotopic (exact) mass is 386 g/mol. The van der Waals surface area contributed by atoms with Crippen LogP contribution in [0, 0.1) is 13.8 Å². The van der Waals surface area contributed by atoms with Crippen molar-refractivity contribution < 1.29 is 9.53 Å². The number of benzene rings is 1. The number of rotatable bonds is 6. The normalized spacial score (nSPS) is 12.3. The van der Waals surface area contributed by atoms with Crippen LogP contribution >= 0.6 is 23.1 Å². The first-order chi connectivity index (χ1) is 12.5. The summed E-state index contributed by atoms with van der Waals surface area (Å²) in [7, 11) is 0. The van der Waals surface area contributed by atoms with Gasteiger partial charge in [-0.25, -0.2) is 9.97 Å². The molecule has 1 aromatic carbocycles. The van der Waals surface area contributed by atoms with E-state index < -0.39 is 0 Å². The predicted octanol–water partition coefficient (Wildman–Crippen LogP) is 5.41. The number of thiophene rings is 1. The fraction of sp³-hybridized carbons (Fsp3) is 0.350. The van der Waals surface area contributed by atoms with Gasteiger partial charge in [-0.2, -0.15) is 0 Å². The second-order valence-corrected chi connectivity index (χ2v) is 8.12. The number of nitrogens with zero attached hydrogens (tertiary/aromatic N) is 2. The average molecular weight is 387 g/mol. The second-order valence-electron chi connectivity index (χ2n) is 6.07. The Morgan fingerprint density at radius 3 is 2.73 bits per heavy atom. The van der Waals surface area contributed by atoms with Crippen molar-refractivity contribution in [1.29, 1.82) is 0 Å². The molecule has 0 amide bonds. The number of ether oxygens (including phenoxy) is 1. The van der Waals surface area contributed by atoms with E-state index in [1.807, 2.05) is 13.8 Å². The average Bonchev–Trinajstić information content (AvgIpc) is 3.07. The Bertz CT molecular complexity index is 937. The van der Waals surface area contributed by atoms with E-state index in [9.17, 15) is 4.79 Å². The third-order valence-corrected chi connectivity index (χ3v) is 6.56. The largest absolute Gasteiger partial charge is 0.465 e. The molecule has 2 heterocycles. The van der Waals surface area contributed by atoms with Gasteiger partial charge >= 0.3 is 5.97 Å². The van der Waals surface area contributed by atoms with Gasteiger partial charge in [0, 0.05) is 10.9 Å². The molecule has 0 bridgehead atoms. The molecule has 2 aromatic heterocycles. The van der Waals surface area contributed by atoms with Gasteiger partial charge in [0.2, 0.25) is 0 Å². The van der Waals surface area contributed by atoms with E-state index >= 15 is 0 Å². The number of aromatic nitrogens is 2. The lowest BCUT2D eigenvalue weighted by molar-refractivity contribution is -0.142. The lowest BCUT2D eigenvalue weighted by Crippen LogP contribution is -2.19. The molecule has 0 aliphatic heterocycles. The molecule has 26 heavy (non-hydrogen) atoms. The number of esters is 1. The predicted molar refractivity (Wildman–Crippen MR) is 109 cm³/mol. The molecule has 0 spiro atoms. The van der Waals surface area contributed by atoms with Crippen LogP contribution in [0.5, 0.6) is 0 Å². The molecular weight excluding hydrogens is 364 g/mol. The number of thioether (sulfide) groups is 1. The zero-order valence-electron chi connectivity index (χ0n) is 15.4. The molecule has 0 aliphatic carbocycles. The Balaban J connectivity index is 2.05. The van der Waals surface area contributed by atoms with Crippen LogP contribution in [-0.2, 0) is 9.53 Å². The molecular formula is C20H22N2O2S2. The summed E-state index contributed by atoms with van der Waals surface area (Å²) in [6, 6.07) is 6.47. The smallest absolute Gasteiger partial charge is 0.319 e. The summed E-state index contributed by atoms with van der Waals surface area (Å²) in [5, 5.41) is 3.72. The maximum Gasteiger partial charge on any atom is 0.319 e. The third kappa shape index (κ3) is 3.76. The number of fused-ring (bicyclic) bond motifs is 1. The quantitative estimate of drug-likeness (QED) is 0.322. The molecule has 136 valence electrons. The molecule has 0 saturated heterocycles. The highest BCUT2D eigenvalue weighted by Gasteiger charge is 2.23. The zero-order valence-corrected chi connectivity index (χ0v) is 17.0. The topological polar surface area (TPSA) is 52.1 Å². The van der Waals surface area contributed by atoms with Crippen LogP contribution < -0.4 is 0 Å². The highest BCUT2D eigenvalue weighted by molar-refractivity contribution is 8.00. The van der Waals surface area contributed by atoms with E-state index in [2.05, 4.69) is 47.4 Å². The molecule has 0 fully saturated rings. The van der Waals surface area contributed by atoms with Crippen molar-refractivity contribution in [3.05, 3.63) is 41.0 Å². The summed E-state index contributed by atoms with van der Waals surface area (Å²) in [5.74, 6) is -0.185. The first kappa shape index (κ1) is 18.9. The molecule has 0 radical (unpaired) electrons. The number of carbonyl (C=O) groups is 1. The second kappa shape index (κ2) is 8.18. The number of aryl methyl sites for hydroxylation is 2. The summed E-state index contributed by atoms with van der Waals surface area (Å²) in [4.78, 5) is 22.1. The molecule has 6 heteroatoms. The van der Waals surface area contributed by atoms with Crippen LogP contribution in [-0.4, -0.2) is 27.8 Å². The van der Waals surface area contributed by atoms with Crippen LogP contribution in [0.1, 0.15) is 31.4 Å². The van der Waals surface area contributed by atoms with Gasteiger partial charge in [0.1, 0.15) is 21.4 Å². The molecule has 1 unspecified atom stereocenters. The molecule has 1 atom stereocenters. The Morgan fingerprint density at radius 2 is 2.04 bits per heavy atom. The highest BCUT2D eigenvalue weighted by Crippen LogP contribution is 2.40. The van der Waals surface area contributed by atoms with Crippen LogP contribution in [0.2, 0.25) is 0 Å². The summed E-state index contributed by atoms with van der Waals surface area (Å²) in [5.41, 5.74) is 4.80. The van der Waals surface area contributed by atoms with E-state index in [1.54, 1.807) is 17.7 Å². The maximum absolute atomic E-state index is 12.2. The first-order valence-corrected chi connectivity index (χ1v) is 10.4. The van der Waals surface area contributed by atoms with Crippen molar-refractivity contribution in [1.82, 2.24) is 9.97 Å². The molecule has 3 rings (SSSR count). The van der Waals surface area contributed by atoms with Crippen molar-refractivity contribution >= 4 is 39.3 Å². The van der Waals surface area contributed by atoms with Crippen LogP contribution in [0.15, 0.2) is 34.9 Å². The van der Waals surface area contributed by atoms with E-state index in [0.29, 0.717) is 13.0 Å². The maximum atomic E-state index is 12.2. The van der Waals surface area contributed by atoms with Gasteiger partial charge in [0.25, 0.3) is 0 Å². The molecule has 0 N–H and O–H groups in total. The van der Waals surface area contributed by atoms with E-state index in [4.69, 9.17) is 4.74 Å².